The van der Waals surface area contributed by atoms with Crippen molar-refractivity contribution in [1.29, 1.82) is 0 Å². The molecule has 0 spiro atoms. The largest absolute Gasteiger partial charge is 0.394 e. The second kappa shape index (κ2) is 7.33. The second-order valence-corrected chi connectivity index (χ2v) is 5.53. The van der Waals surface area contributed by atoms with Crippen LogP contribution in [0.4, 0.5) is 4.39 Å². The number of amides is 1. The number of hydrogen-bond donors (Lipinski definition) is 2. The summed E-state index contributed by atoms with van der Waals surface area (Å²) in [6, 6.07) is 13.3. The Morgan fingerprint density at radius 1 is 1.24 bits per heavy atom. The number of benzene rings is 2. The van der Waals surface area contributed by atoms with Gasteiger partial charge in [-0.25, -0.2) is 4.39 Å². The van der Waals surface area contributed by atoms with Gasteiger partial charge in [-0.15, -0.1) is 0 Å². The van der Waals surface area contributed by atoms with Gasteiger partial charge in [0.2, 0.25) is 0 Å². The number of halogens is 2. The summed E-state index contributed by atoms with van der Waals surface area (Å²) < 4.78 is 13.7. The summed E-state index contributed by atoms with van der Waals surface area (Å²) in [5.74, 6) is -0.900. The highest BCUT2D eigenvalue weighted by atomic mass is 79.9. The topological polar surface area (TPSA) is 49.3 Å². The zero-order valence-corrected chi connectivity index (χ0v) is 12.8. The molecule has 2 N–H and O–H groups in total. The number of rotatable bonds is 5. The quantitative estimate of drug-likeness (QED) is 0.869. The molecule has 1 atom stereocenters. The molecule has 5 heteroatoms. The third-order valence-electron chi connectivity index (χ3n) is 3.06. The minimum atomic E-state index is -0.494. The molecule has 0 aliphatic heterocycles. The van der Waals surface area contributed by atoms with Crippen molar-refractivity contribution < 1.29 is 14.3 Å². The molecule has 0 radical (unpaired) electrons. The minimum absolute atomic E-state index is 0.181. The maximum Gasteiger partial charge on any atom is 0.251 e. The molecule has 1 unspecified atom stereocenters. The van der Waals surface area contributed by atoms with Gasteiger partial charge in [-0.2, -0.15) is 0 Å². The van der Waals surface area contributed by atoms with E-state index in [1.165, 1.54) is 12.1 Å². The van der Waals surface area contributed by atoms with Crippen molar-refractivity contribution >= 4 is 21.8 Å². The molecule has 0 saturated heterocycles. The van der Waals surface area contributed by atoms with E-state index in [9.17, 15) is 14.3 Å². The number of nitrogens with one attached hydrogen (secondary N) is 1. The zero-order chi connectivity index (χ0) is 15.2. The Kier molecular flexibility index (Phi) is 5.47. The number of aliphatic hydroxyl groups is 1. The monoisotopic (exact) mass is 351 g/mol. The van der Waals surface area contributed by atoms with E-state index in [4.69, 9.17) is 0 Å². The van der Waals surface area contributed by atoms with Gasteiger partial charge in [-0.1, -0.05) is 30.3 Å². The molecular weight excluding hydrogens is 337 g/mol. The van der Waals surface area contributed by atoms with Crippen molar-refractivity contribution in [3.8, 4) is 0 Å². The average Bonchev–Trinajstić information content (AvgIpc) is 2.50. The van der Waals surface area contributed by atoms with E-state index in [1.807, 2.05) is 30.3 Å². The molecule has 0 aliphatic rings. The highest BCUT2D eigenvalue weighted by molar-refractivity contribution is 9.10. The smallest absolute Gasteiger partial charge is 0.251 e. The first-order valence-electron chi connectivity index (χ1n) is 6.51. The summed E-state index contributed by atoms with van der Waals surface area (Å²) in [5, 5.41) is 12.1. The summed E-state index contributed by atoms with van der Waals surface area (Å²) in [4.78, 5) is 12.1. The maximum absolute atomic E-state index is 13.4. The summed E-state index contributed by atoms with van der Waals surface area (Å²) in [7, 11) is 0. The fourth-order valence-electron chi connectivity index (χ4n) is 1.97. The van der Waals surface area contributed by atoms with Crippen LogP contribution < -0.4 is 5.32 Å². The molecule has 0 aromatic heterocycles. The average molecular weight is 352 g/mol. The Morgan fingerprint density at radius 3 is 2.57 bits per heavy atom. The lowest BCUT2D eigenvalue weighted by Crippen LogP contribution is -2.39. The van der Waals surface area contributed by atoms with Crippen LogP contribution in [0, 0.1) is 5.82 Å². The predicted molar refractivity (Wildman–Crippen MR) is 82.6 cm³/mol. The van der Waals surface area contributed by atoms with Gasteiger partial charge < -0.3 is 10.4 Å². The van der Waals surface area contributed by atoms with Crippen molar-refractivity contribution in [2.45, 2.75) is 12.5 Å². The molecule has 3 nitrogen and oxygen atoms in total. The molecular formula is C16H15BrFNO2. The van der Waals surface area contributed by atoms with E-state index in [-0.39, 0.29) is 12.2 Å². The third-order valence-corrected chi connectivity index (χ3v) is 3.71. The van der Waals surface area contributed by atoms with Crippen LogP contribution >= 0.6 is 15.9 Å². The highest BCUT2D eigenvalue weighted by Gasteiger charge is 2.14. The molecule has 0 aliphatic carbocycles. The first-order chi connectivity index (χ1) is 10.1. The zero-order valence-electron chi connectivity index (χ0n) is 11.2. The molecule has 110 valence electrons. The van der Waals surface area contributed by atoms with Crippen LogP contribution in [-0.2, 0) is 6.42 Å². The lowest BCUT2D eigenvalue weighted by molar-refractivity contribution is 0.0916. The molecule has 2 rings (SSSR count). The first-order valence-corrected chi connectivity index (χ1v) is 7.30. The predicted octanol–water partition coefficient (Wildman–Crippen LogP) is 2.92. The Bertz CT molecular complexity index is 619. The van der Waals surface area contributed by atoms with Gasteiger partial charge in [0.1, 0.15) is 5.82 Å². The number of aliphatic hydroxyl groups excluding tert-OH is 1. The van der Waals surface area contributed by atoms with E-state index in [1.54, 1.807) is 0 Å². The van der Waals surface area contributed by atoms with Gasteiger partial charge in [0.05, 0.1) is 17.1 Å². The van der Waals surface area contributed by atoms with Crippen molar-refractivity contribution in [3.63, 3.8) is 0 Å². The molecule has 0 saturated carbocycles. The number of carbonyl (C=O) groups excluding carboxylic acids is 1. The van der Waals surface area contributed by atoms with Crippen LogP contribution in [0.25, 0.3) is 0 Å². The standard InChI is InChI=1S/C16H15BrFNO2/c17-14-7-6-12(9-15(14)18)16(21)19-13(10-20)8-11-4-2-1-3-5-11/h1-7,9,13,20H,8,10H2,(H,19,21). The third kappa shape index (κ3) is 4.37. The van der Waals surface area contributed by atoms with Gasteiger partial charge in [-0.3, -0.25) is 4.79 Å². The highest BCUT2D eigenvalue weighted by Crippen LogP contribution is 2.16. The summed E-state index contributed by atoms with van der Waals surface area (Å²) in [5.41, 5.74) is 1.24. The summed E-state index contributed by atoms with van der Waals surface area (Å²) >= 11 is 3.04. The molecule has 2 aromatic carbocycles. The number of carbonyl (C=O) groups is 1. The lowest BCUT2D eigenvalue weighted by Gasteiger charge is -2.16. The van der Waals surface area contributed by atoms with Crippen LogP contribution in [0.3, 0.4) is 0 Å². The Balaban J connectivity index is 2.04. The normalized spacial score (nSPS) is 12.0. The van der Waals surface area contributed by atoms with Gasteiger partial charge >= 0.3 is 0 Å². The summed E-state index contributed by atoms with van der Waals surface area (Å²) in [6.07, 6.45) is 0.516. The van der Waals surface area contributed by atoms with E-state index in [0.717, 1.165) is 11.6 Å². The number of hydrogen-bond acceptors (Lipinski definition) is 2. The van der Waals surface area contributed by atoms with Gasteiger partial charge in [0, 0.05) is 5.56 Å². The Morgan fingerprint density at radius 2 is 1.95 bits per heavy atom. The second-order valence-electron chi connectivity index (χ2n) is 4.67. The Labute approximate surface area is 130 Å². The fourth-order valence-corrected chi connectivity index (χ4v) is 2.21. The van der Waals surface area contributed by atoms with Crippen LogP contribution in [0.2, 0.25) is 0 Å². The molecule has 0 bridgehead atoms. The van der Waals surface area contributed by atoms with Crippen LogP contribution in [0.15, 0.2) is 53.0 Å². The van der Waals surface area contributed by atoms with Crippen molar-refractivity contribution in [2.24, 2.45) is 0 Å². The van der Waals surface area contributed by atoms with E-state index < -0.39 is 17.8 Å². The van der Waals surface area contributed by atoms with Crippen molar-refractivity contribution in [2.75, 3.05) is 6.61 Å². The van der Waals surface area contributed by atoms with Gasteiger partial charge in [0.25, 0.3) is 5.91 Å². The van der Waals surface area contributed by atoms with E-state index >= 15 is 0 Å². The van der Waals surface area contributed by atoms with Gasteiger partial charge in [0.15, 0.2) is 0 Å². The molecule has 1 amide bonds. The molecule has 0 heterocycles. The molecule has 2 aromatic rings. The van der Waals surface area contributed by atoms with Crippen LogP contribution in [-0.4, -0.2) is 23.7 Å². The van der Waals surface area contributed by atoms with Crippen molar-refractivity contribution in [3.05, 3.63) is 69.9 Å². The molecule has 21 heavy (non-hydrogen) atoms. The fraction of sp³-hybridized carbons (Fsp3) is 0.188. The van der Waals surface area contributed by atoms with Crippen molar-refractivity contribution in [1.82, 2.24) is 5.32 Å². The maximum atomic E-state index is 13.4. The van der Waals surface area contributed by atoms with E-state index in [2.05, 4.69) is 21.2 Å². The molecule has 0 fully saturated rings. The first kappa shape index (κ1) is 15.7. The van der Waals surface area contributed by atoms with Crippen LogP contribution in [0.1, 0.15) is 15.9 Å². The summed E-state index contributed by atoms with van der Waals surface area (Å²) in [6.45, 7) is -0.181. The van der Waals surface area contributed by atoms with Gasteiger partial charge in [-0.05, 0) is 46.1 Å². The SMILES string of the molecule is O=C(NC(CO)Cc1ccccc1)c1ccc(Br)c(F)c1. The lowest BCUT2D eigenvalue weighted by atomic mass is 10.1. The van der Waals surface area contributed by atoms with Crippen LogP contribution in [0.5, 0.6) is 0 Å². The van der Waals surface area contributed by atoms with E-state index in [0.29, 0.717) is 10.9 Å². The Hall–Kier alpha value is -1.72. The minimum Gasteiger partial charge on any atom is -0.394 e.